The minimum atomic E-state index is -3.50. The number of aryl methyl sites for hydroxylation is 1. The quantitative estimate of drug-likeness (QED) is 0.214. The molecule has 0 aliphatic heterocycles. The summed E-state index contributed by atoms with van der Waals surface area (Å²) in [6.07, 6.45) is 12.0. The van der Waals surface area contributed by atoms with Crippen molar-refractivity contribution in [3.63, 3.8) is 0 Å². The van der Waals surface area contributed by atoms with Crippen LogP contribution in [0, 0.1) is 6.92 Å². The fourth-order valence-electron chi connectivity index (χ4n) is 3.50. The monoisotopic (exact) mass is 486 g/mol. The number of rotatable bonds is 13. The van der Waals surface area contributed by atoms with Gasteiger partial charge in [-0.2, -0.15) is 0 Å². The van der Waals surface area contributed by atoms with Crippen molar-refractivity contribution in [3.8, 4) is 0 Å². The third-order valence-corrected chi connectivity index (χ3v) is 7.61. The first-order valence-electron chi connectivity index (χ1n) is 12.0. The number of benzene rings is 1. The minimum Gasteiger partial charge on any atom is -0.462 e. The van der Waals surface area contributed by atoms with Gasteiger partial charge in [-0.25, -0.2) is 8.42 Å². The first-order chi connectivity index (χ1) is 15.9. The number of sulfone groups is 1. The zero-order valence-corrected chi connectivity index (χ0v) is 22.8. The van der Waals surface area contributed by atoms with E-state index in [9.17, 15) is 13.2 Å². The summed E-state index contributed by atoms with van der Waals surface area (Å²) < 4.78 is 32.0. The Morgan fingerprint density at radius 3 is 2.03 bits per heavy atom. The van der Waals surface area contributed by atoms with Gasteiger partial charge < -0.3 is 4.74 Å². The lowest BCUT2D eigenvalue weighted by Crippen LogP contribution is -2.20. The first-order valence-corrected chi connectivity index (χ1v) is 13.5. The number of carbonyl (C=O) groups excluding carboxylic acids is 1. The van der Waals surface area contributed by atoms with Gasteiger partial charge in [0, 0.05) is 6.92 Å². The van der Waals surface area contributed by atoms with Crippen molar-refractivity contribution >= 4 is 15.8 Å². The summed E-state index contributed by atoms with van der Waals surface area (Å²) in [5.74, 6) is -0.287. The Hall–Kier alpha value is -2.40. The number of hydrogen-bond donors (Lipinski definition) is 0. The molecule has 4 nitrogen and oxygen atoms in total. The second-order valence-corrected chi connectivity index (χ2v) is 11.5. The Bertz CT molecular complexity index is 1020. The maximum Gasteiger partial charge on any atom is 0.302 e. The van der Waals surface area contributed by atoms with Crippen LogP contribution >= 0.6 is 0 Å². The van der Waals surface area contributed by atoms with Crippen LogP contribution < -0.4 is 0 Å². The molecule has 34 heavy (non-hydrogen) atoms. The molecule has 0 aromatic heterocycles. The van der Waals surface area contributed by atoms with Gasteiger partial charge in [0.15, 0.2) is 9.84 Å². The molecule has 0 saturated heterocycles. The third kappa shape index (κ3) is 11.6. The number of allylic oxidation sites excluding steroid dienone is 6. The zero-order chi connectivity index (χ0) is 25.7. The fourth-order valence-corrected chi connectivity index (χ4v) is 5.26. The lowest BCUT2D eigenvalue weighted by atomic mass is 10.0. The van der Waals surface area contributed by atoms with Gasteiger partial charge in [0.05, 0.1) is 10.1 Å². The molecular weight excluding hydrogens is 444 g/mol. The van der Waals surface area contributed by atoms with Crippen LogP contribution in [0.25, 0.3) is 0 Å². The summed E-state index contributed by atoms with van der Waals surface area (Å²) in [5.41, 5.74) is 5.60. The Kier molecular flexibility index (Phi) is 12.9. The van der Waals surface area contributed by atoms with Crippen molar-refractivity contribution in [2.24, 2.45) is 0 Å². The highest BCUT2D eigenvalue weighted by Gasteiger charge is 2.26. The van der Waals surface area contributed by atoms with Gasteiger partial charge in [0.2, 0.25) is 0 Å². The molecule has 0 bridgehead atoms. The van der Waals surface area contributed by atoms with Gasteiger partial charge in [-0.3, -0.25) is 4.79 Å². The topological polar surface area (TPSA) is 60.4 Å². The van der Waals surface area contributed by atoms with E-state index < -0.39 is 15.1 Å². The van der Waals surface area contributed by atoms with E-state index in [4.69, 9.17) is 4.74 Å². The van der Waals surface area contributed by atoms with Crippen LogP contribution in [0.2, 0.25) is 0 Å². The van der Waals surface area contributed by atoms with Gasteiger partial charge in [0.1, 0.15) is 6.61 Å². The van der Waals surface area contributed by atoms with Gasteiger partial charge in [-0.1, -0.05) is 58.2 Å². The largest absolute Gasteiger partial charge is 0.462 e. The summed E-state index contributed by atoms with van der Waals surface area (Å²) in [7, 11) is -3.50. The smallest absolute Gasteiger partial charge is 0.302 e. The van der Waals surface area contributed by atoms with Crippen LogP contribution in [0.4, 0.5) is 0 Å². The molecule has 0 spiro atoms. The van der Waals surface area contributed by atoms with Crippen LogP contribution in [0.3, 0.4) is 0 Å². The molecule has 0 saturated carbocycles. The molecule has 1 aromatic rings. The maximum absolute atomic E-state index is 13.5. The van der Waals surface area contributed by atoms with E-state index in [1.165, 1.54) is 12.5 Å². The molecule has 0 heterocycles. The number of hydrogen-bond acceptors (Lipinski definition) is 4. The molecule has 1 atom stereocenters. The van der Waals surface area contributed by atoms with Crippen molar-refractivity contribution in [2.75, 3.05) is 6.61 Å². The van der Waals surface area contributed by atoms with E-state index in [0.717, 1.165) is 48.0 Å². The fraction of sp³-hybridized carbons (Fsp3) is 0.483. The van der Waals surface area contributed by atoms with Crippen LogP contribution in [0.5, 0.6) is 0 Å². The second kappa shape index (κ2) is 14.8. The lowest BCUT2D eigenvalue weighted by Gasteiger charge is -2.17. The van der Waals surface area contributed by atoms with Crippen molar-refractivity contribution in [2.45, 2.75) is 90.7 Å². The van der Waals surface area contributed by atoms with E-state index >= 15 is 0 Å². The first kappa shape index (κ1) is 29.6. The Balaban J connectivity index is 3.01. The SMILES string of the molecule is CC(=O)OCC=C(C)CCC=C(C)CC(C=C(C)CCC=C(C)C)S(=O)(=O)c1ccc(C)cc1. The standard InChI is InChI=1S/C29H42O4S/c1-22(2)10-8-12-25(5)20-29(34(31,32)28-16-14-24(4)15-17-28)21-26(6)13-9-11-23(3)18-19-33-27(7)30/h10,13-18,20,29H,8-9,11-12,19,21H2,1-7H3. The Labute approximate surface area is 207 Å². The average Bonchev–Trinajstić information content (AvgIpc) is 2.73. The molecular formula is C29H42O4S. The van der Waals surface area contributed by atoms with E-state index in [1.807, 2.05) is 52.0 Å². The van der Waals surface area contributed by atoms with Crippen molar-refractivity contribution in [1.29, 1.82) is 0 Å². The predicted molar refractivity (Wildman–Crippen MR) is 143 cm³/mol. The van der Waals surface area contributed by atoms with Gasteiger partial charge in [0.25, 0.3) is 0 Å². The number of ether oxygens (including phenoxy) is 1. The van der Waals surface area contributed by atoms with Crippen LogP contribution in [0.15, 0.2) is 75.8 Å². The number of esters is 1. The second-order valence-electron chi connectivity index (χ2n) is 9.38. The van der Waals surface area contributed by atoms with E-state index in [1.54, 1.807) is 12.1 Å². The Morgan fingerprint density at radius 2 is 1.44 bits per heavy atom. The summed E-state index contributed by atoms with van der Waals surface area (Å²) in [6.45, 7) is 13.8. The molecule has 1 aromatic carbocycles. The number of carbonyl (C=O) groups is 1. The molecule has 5 heteroatoms. The highest BCUT2D eigenvalue weighted by Crippen LogP contribution is 2.25. The molecule has 0 aliphatic carbocycles. The van der Waals surface area contributed by atoms with Crippen LogP contribution in [-0.2, 0) is 19.4 Å². The van der Waals surface area contributed by atoms with Gasteiger partial charge in [-0.05, 0) is 91.9 Å². The predicted octanol–water partition coefficient (Wildman–Crippen LogP) is 7.46. The van der Waals surface area contributed by atoms with Gasteiger partial charge in [-0.15, -0.1) is 0 Å². The lowest BCUT2D eigenvalue weighted by molar-refractivity contribution is -0.139. The van der Waals surface area contributed by atoms with Crippen molar-refractivity contribution in [1.82, 2.24) is 0 Å². The molecule has 0 fully saturated rings. The van der Waals surface area contributed by atoms with Crippen LogP contribution in [-0.4, -0.2) is 26.2 Å². The zero-order valence-electron chi connectivity index (χ0n) is 22.0. The van der Waals surface area contributed by atoms with Crippen LogP contribution in [0.1, 0.15) is 79.2 Å². The molecule has 1 rings (SSSR count). The minimum absolute atomic E-state index is 0.287. The van der Waals surface area contributed by atoms with Gasteiger partial charge >= 0.3 is 5.97 Å². The summed E-state index contributed by atoms with van der Waals surface area (Å²) in [6, 6.07) is 7.12. The molecule has 0 N–H and O–H groups in total. The van der Waals surface area contributed by atoms with Crippen molar-refractivity contribution in [3.05, 3.63) is 76.4 Å². The molecule has 0 radical (unpaired) electrons. The molecule has 1 unspecified atom stereocenters. The molecule has 188 valence electrons. The maximum atomic E-state index is 13.5. The highest BCUT2D eigenvalue weighted by molar-refractivity contribution is 7.92. The van der Waals surface area contributed by atoms with Crippen molar-refractivity contribution < 1.29 is 17.9 Å². The molecule has 0 amide bonds. The summed E-state index contributed by atoms with van der Waals surface area (Å²) in [4.78, 5) is 11.2. The normalized spacial score (nSPS) is 14.0. The highest BCUT2D eigenvalue weighted by atomic mass is 32.2. The van der Waals surface area contributed by atoms with E-state index in [-0.39, 0.29) is 12.6 Å². The summed E-state index contributed by atoms with van der Waals surface area (Å²) >= 11 is 0. The average molecular weight is 487 g/mol. The Morgan fingerprint density at radius 1 is 0.853 bits per heavy atom. The molecule has 0 aliphatic rings. The van der Waals surface area contributed by atoms with E-state index in [2.05, 4.69) is 26.0 Å². The third-order valence-electron chi connectivity index (χ3n) is 5.58. The summed E-state index contributed by atoms with van der Waals surface area (Å²) in [5, 5.41) is -0.598. The van der Waals surface area contributed by atoms with E-state index in [0.29, 0.717) is 11.3 Å².